The highest BCUT2D eigenvalue weighted by Gasteiger charge is 2.45. The number of nitrogens with zero attached hydrogens (tertiary/aromatic N) is 1. The van der Waals surface area contributed by atoms with Crippen LogP contribution in [-0.4, -0.2) is 34.3 Å². The van der Waals surface area contributed by atoms with Crippen molar-refractivity contribution in [2.75, 3.05) is 6.61 Å². The van der Waals surface area contributed by atoms with E-state index in [-0.39, 0.29) is 24.5 Å². The van der Waals surface area contributed by atoms with Crippen molar-refractivity contribution in [2.45, 2.75) is 40.3 Å². The SMILES string of the molecule is CCOC(=O)c1ccc(CN2C(=O)C(O)=C(C(=O)C(C)(C)C)C2c2ccccc2)cc1. The first-order chi connectivity index (χ1) is 14.6. The zero-order chi connectivity index (χ0) is 22.8. The van der Waals surface area contributed by atoms with Gasteiger partial charge in [-0.2, -0.15) is 0 Å². The van der Waals surface area contributed by atoms with Crippen molar-refractivity contribution in [3.05, 3.63) is 82.6 Å². The molecule has 0 fully saturated rings. The van der Waals surface area contributed by atoms with Crippen molar-refractivity contribution in [3.8, 4) is 0 Å². The monoisotopic (exact) mass is 421 g/mol. The second kappa shape index (κ2) is 8.76. The van der Waals surface area contributed by atoms with E-state index >= 15 is 0 Å². The second-order valence-electron chi connectivity index (χ2n) is 8.51. The molecule has 1 unspecified atom stereocenters. The molecule has 2 aromatic carbocycles. The fraction of sp³-hybridized carbons (Fsp3) is 0.320. The summed E-state index contributed by atoms with van der Waals surface area (Å²) in [5.41, 5.74) is 1.29. The van der Waals surface area contributed by atoms with E-state index in [9.17, 15) is 19.5 Å². The van der Waals surface area contributed by atoms with Crippen molar-refractivity contribution >= 4 is 17.7 Å². The van der Waals surface area contributed by atoms with E-state index in [2.05, 4.69) is 0 Å². The minimum absolute atomic E-state index is 0.117. The van der Waals surface area contributed by atoms with Gasteiger partial charge >= 0.3 is 5.97 Å². The molecule has 1 atom stereocenters. The van der Waals surface area contributed by atoms with E-state index in [0.717, 1.165) is 11.1 Å². The van der Waals surface area contributed by atoms with Crippen LogP contribution in [-0.2, 0) is 20.9 Å². The third-order valence-corrected chi connectivity index (χ3v) is 5.16. The number of aliphatic hydroxyl groups excluding tert-OH is 1. The van der Waals surface area contributed by atoms with Gasteiger partial charge in [-0.25, -0.2) is 4.79 Å². The molecule has 0 spiro atoms. The van der Waals surface area contributed by atoms with Crippen molar-refractivity contribution in [2.24, 2.45) is 5.41 Å². The van der Waals surface area contributed by atoms with Crippen LogP contribution in [0.3, 0.4) is 0 Å². The average molecular weight is 421 g/mol. The molecular weight excluding hydrogens is 394 g/mol. The van der Waals surface area contributed by atoms with Gasteiger partial charge in [0.25, 0.3) is 5.91 Å². The van der Waals surface area contributed by atoms with Crippen LogP contribution in [0.2, 0.25) is 0 Å². The number of ether oxygens (including phenoxy) is 1. The number of amides is 1. The van der Waals surface area contributed by atoms with Crippen LogP contribution in [0, 0.1) is 5.41 Å². The summed E-state index contributed by atoms with van der Waals surface area (Å²) in [4.78, 5) is 39.5. The van der Waals surface area contributed by atoms with Crippen LogP contribution >= 0.6 is 0 Å². The summed E-state index contributed by atoms with van der Waals surface area (Å²) < 4.78 is 5.00. The Hall–Kier alpha value is -3.41. The predicted octanol–water partition coefficient (Wildman–Crippen LogP) is 4.37. The molecule has 162 valence electrons. The van der Waals surface area contributed by atoms with Crippen LogP contribution in [0.15, 0.2) is 65.9 Å². The minimum Gasteiger partial charge on any atom is -0.503 e. The summed E-state index contributed by atoms with van der Waals surface area (Å²) in [6, 6.07) is 15.3. The molecule has 31 heavy (non-hydrogen) atoms. The summed E-state index contributed by atoms with van der Waals surface area (Å²) >= 11 is 0. The van der Waals surface area contributed by atoms with Crippen LogP contribution < -0.4 is 0 Å². The summed E-state index contributed by atoms with van der Waals surface area (Å²) in [5, 5.41) is 10.7. The number of carbonyl (C=O) groups is 3. The number of hydrogen-bond acceptors (Lipinski definition) is 5. The highest BCUT2D eigenvalue weighted by molar-refractivity contribution is 6.10. The van der Waals surface area contributed by atoms with Gasteiger partial charge in [0.05, 0.1) is 23.8 Å². The number of rotatable bonds is 6. The van der Waals surface area contributed by atoms with Crippen LogP contribution in [0.1, 0.15) is 55.2 Å². The standard InChI is InChI=1S/C25H27NO5/c1-5-31-24(30)18-13-11-16(12-14-18)15-26-20(17-9-7-6-8-10-17)19(21(27)23(26)29)22(28)25(2,3)4/h6-14,20,27H,5,15H2,1-4H3. The van der Waals surface area contributed by atoms with Gasteiger partial charge in [-0.3, -0.25) is 9.59 Å². The van der Waals surface area contributed by atoms with E-state index in [1.807, 2.05) is 30.3 Å². The molecule has 3 rings (SSSR count). The van der Waals surface area contributed by atoms with Gasteiger partial charge in [0.15, 0.2) is 11.5 Å². The summed E-state index contributed by atoms with van der Waals surface area (Å²) in [6.45, 7) is 7.49. The lowest BCUT2D eigenvalue weighted by Crippen LogP contribution is -2.32. The molecule has 2 aromatic rings. The van der Waals surface area contributed by atoms with Gasteiger partial charge < -0.3 is 14.7 Å². The molecule has 0 saturated carbocycles. The molecule has 0 radical (unpaired) electrons. The smallest absolute Gasteiger partial charge is 0.338 e. The lowest BCUT2D eigenvalue weighted by Gasteiger charge is -2.29. The second-order valence-corrected chi connectivity index (χ2v) is 8.51. The van der Waals surface area contributed by atoms with E-state index in [1.54, 1.807) is 52.0 Å². The molecule has 1 heterocycles. The highest BCUT2D eigenvalue weighted by atomic mass is 16.5. The zero-order valence-corrected chi connectivity index (χ0v) is 18.2. The number of ketones is 1. The molecule has 6 heteroatoms. The number of benzene rings is 2. The van der Waals surface area contributed by atoms with E-state index < -0.39 is 29.1 Å². The molecule has 1 aliphatic rings. The maximum atomic E-state index is 13.1. The third kappa shape index (κ3) is 4.53. The fourth-order valence-corrected chi connectivity index (χ4v) is 3.59. The Labute approximate surface area is 182 Å². The van der Waals surface area contributed by atoms with E-state index in [0.29, 0.717) is 5.56 Å². The number of esters is 1. The summed E-state index contributed by atoms with van der Waals surface area (Å²) in [5.74, 6) is -1.77. The van der Waals surface area contributed by atoms with E-state index in [4.69, 9.17) is 4.74 Å². The molecular formula is C25H27NO5. The fourth-order valence-electron chi connectivity index (χ4n) is 3.59. The first kappa shape index (κ1) is 22.3. The van der Waals surface area contributed by atoms with Crippen LogP contribution in [0.4, 0.5) is 0 Å². The van der Waals surface area contributed by atoms with Gasteiger partial charge in [-0.05, 0) is 30.2 Å². The van der Waals surface area contributed by atoms with Crippen molar-refractivity contribution < 1.29 is 24.2 Å². The summed E-state index contributed by atoms with van der Waals surface area (Å²) in [6.07, 6.45) is 0. The highest BCUT2D eigenvalue weighted by Crippen LogP contribution is 2.41. The lowest BCUT2D eigenvalue weighted by atomic mass is 9.82. The molecule has 0 aromatic heterocycles. The predicted molar refractivity (Wildman–Crippen MR) is 116 cm³/mol. The average Bonchev–Trinajstić information content (AvgIpc) is 2.98. The maximum absolute atomic E-state index is 13.1. The Morgan fingerprint density at radius 1 is 1.03 bits per heavy atom. The molecule has 1 amide bonds. The van der Waals surface area contributed by atoms with Crippen molar-refractivity contribution in [1.29, 1.82) is 0 Å². The number of Topliss-reactive ketones (excluding diaryl/α,β-unsaturated/α-hetero) is 1. The van der Waals surface area contributed by atoms with Gasteiger partial charge in [0.1, 0.15) is 0 Å². The number of carbonyl (C=O) groups excluding carboxylic acids is 3. The Morgan fingerprint density at radius 3 is 2.19 bits per heavy atom. The number of aliphatic hydroxyl groups is 1. The molecule has 6 nitrogen and oxygen atoms in total. The summed E-state index contributed by atoms with van der Waals surface area (Å²) in [7, 11) is 0. The first-order valence-electron chi connectivity index (χ1n) is 10.2. The van der Waals surface area contributed by atoms with Gasteiger partial charge in [0, 0.05) is 12.0 Å². The maximum Gasteiger partial charge on any atom is 0.338 e. The molecule has 1 N–H and O–H groups in total. The largest absolute Gasteiger partial charge is 0.503 e. The molecule has 0 bridgehead atoms. The van der Waals surface area contributed by atoms with Crippen molar-refractivity contribution in [3.63, 3.8) is 0 Å². The molecule has 0 aliphatic carbocycles. The Bertz CT molecular complexity index is 1020. The zero-order valence-electron chi connectivity index (χ0n) is 18.2. The Balaban J connectivity index is 1.97. The third-order valence-electron chi connectivity index (χ3n) is 5.16. The minimum atomic E-state index is -0.756. The van der Waals surface area contributed by atoms with Crippen molar-refractivity contribution in [1.82, 2.24) is 4.90 Å². The van der Waals surface area contributed by atoms with Crippen LogP contribution in [0.5, 0.6) is 0 Å². The molecule has 1 aliphatic heterocycles. The lowest BCUT2D eigenvalue weighted by molar-refractivity contribution is -0.130. The Morgan fingerprint density at radius 2 is 1.65 bits per heavy atom. The Kier molecular flexibility index (Phi) is 6.29. The molecule has 0 saturated heterocycles. The normalized spacial score (nSPS) is 16.6. The van der Waals surface area contributed by atoms with Gasteiger partial charge in [-0.15, -0.1) is 0 Å². The van der Waals surface area contributed by atoms with E-state index in [1.165, 1.54) is 4.90 Å². The van der Waals surface area contributed by atoms with Gasteiger partial charge in [-0.1, -0.05) is 63.2 Å². The van der Waals surface area contributed by atoms with Crippen LogP contribution in [0.25, 0.3) is 0 Å². The number of hydrogen-bond donors (Lipinski definition) is 1. The topological polar surface area (TPSA) is 83.9 Å². The quantitative estimate of drug-likeness (QED) is 0.700. The first-order valence-corrected chi connectivity index (χ1v) is 10.2. The van der Waals surface area contributed by atoms with Gasteiger partial charge in [0.2, 0.25) is 0 Å².